The van der Waals surface area contributed by atoms with E-state index in [1.54, 1.807) is 23.0 Å². The van der Waals surface area contributed by atoms with E-state index in [4.69, 9.17) is 17.3 Å². The van der Waals surface area contributed by atoms with Crippen molar-refractivity contribution in [3.63, 3.8) is 0 Å². The molecule has 3 amide bonds. The Morgan fingerprint density at radius 1 is 1.43 bits per heavy atom. The smallest absolute Gasteiger partial charge is 0.318 e. The number of benzene rings is 1. The minimum absolute atomic E-state index is 0.149. The summed E-state index contributed by atoms with van der Waals surface area (Å²) in [5.41, 5.74) is 5.69. The third-order valence-corrected chi connectivity index (χ3v) is 3.61. The number of halogens is 1. The fraction of sp³-hybridized carbons (Fsp3) is 0.167. The van der Waals surface area contributed by atoms with Crippen LogP contribution in [0.4, 0.5) is 4.79 Å². The molecule has 110 valence electrons. The highest BCUT2D eigenvalue weighted by Gasteiger charge is 2.09. The van der Waals surface area contributed by atoms with E-state index in [0.717, 1.165) is 5.69 Å². The third-order valence-electron chi connectivity index (χ3n) is 2.43. The van der Waals surface area contributed by atoms with Crippen molar-refractivity contribution in [1.29, 1.82) is 0 Å². The van der Waals surface area contributed by atoms with Crippen LogP contribution < -0.4 is 11.1 Å². The highest BCUT2D eigenvalue weighted by Crippen LogP contribution is 2.21. The zero-order valence-corrected chi connectivity index (χ0v) is 12.4. The molecule has 0 aliphatic heterocycles. The highest BCUT2D eigenvalue weighted by atomic mass is 35.5. The molecule has 9 heteroatoms. The summed E-state index contributed by atoms with van der Waals surface area (Å²) >= 11 is 7.29. The molecule has 21 heavy (non-hydrogen) atoms. The maximum Gasteiger partial charge on any atom is 0.318 e. The van der Waals surface area contributed by atoms with Gasteiger partial charge in [-0.3, -0.25) is 14.7 Å². The second-order valence-electron chi connectivity index (χ2n) is 3.97. The molecule has 1 aromatic carbocycles. The first-order valence-electron chi connectivity index (χ1n) is 5.94. The van der Waals surface area contributed by atoms with Gasteiger partial charge in [-0.1, -0.05) is 29.4 Å². The number of nitrogens with two attached hydrogens (primary N) is 1. The van der Waals surface area contributed by atoms with E-state index in [1.807, 2.05) is 17.4 Å². The van der Waals surface area contributed by atoms with E-state index in [0.29, 0.717) is 15.9 Å². The Morgan fingerprint density at radius 3 is 2.95 bits per heavy atom. The van der Waals surface area contributed by atoms with Crippen LogP contribution in [0.5, 0.6) is 0 Å². The Kier molecular flexibility index (Phi) is 5.18. The van der Waals surface area contributed by atoms with Crippen molar-refractivity contribution >= 4 is 35.3 Å². The van der Waals surface area contributed by atoms with E-state index < -0.39 is 11.9 Å². The van der Waals surface area contributed by atoms with Crippen molar-refractivity contribution in [2.24, 2.45) is 5.73 Å². The molecule has 0 spiro atoms. The standard InChI is InChI=1S/C12H12ClN5O2S/c13-8-2-1-3-9(6-8)18-7-15-17-12(18)21-5-4-10(19)16-11(14)20/h1-3,6-7H,4-5H2,(H3,14,16,19,20). The fourth-order valence-electron chi connectivity index (χ4n) is 1.56. The largest absolute Gasteiger partial charge is 0.351 e. The first-order valence-corrected chi connectivity index (χ1v) is 7.30. The van der Waals surface area contributed by atoms with E-state index in [9.17, 15) is 9.59 Å². The van der Waals surface area contributed by atoms with Crippen molar-refractivity contribution in [2.75, 3.05) is 5.75 Å². The van der Waals surface area contributed by atoms with E-state index in [-0.39, 0.29) is 6.42 Å². The average molecular weight is 326 g/mol. The lowest BCUT2D eigenvalue weighted by Crippen LogP contribution is -2.35. The summed E-state index contributed by atoms with van der Waals surface area (Å²) in [6, 6.07) is 6.41. The number of nitrogens with one attached hydrogen (secondary N) is 1. The van der Waals surface area contributed by atoms with Crippen molar-refractivity contribution in [2.45, 2.75) is 11.6 Å². The monoisotopic (exact) mass is 325 g/mol. The van der Waals surface area contributed by atoms with Gasteiger partial charge in [-0.2, -0.15) is 0 Å². The predicted molar refractivity (Wildman–Crippen MR) is 79.4 cm³/mol. The molecule has 2 rings (SSSR count). The molecule has 0 radical (unpaired) electrons. The quantitative estimate of drug-likeness (QED) is 0.813. The van der Waals surface area contributed by atoms with Gasteiger partial charge < -0.3 is 5.73 Å². The molecule has 0 aliphatic rings. The number of carbonyl (C=O) groups excluding carboxylic acids is 2. The predicted octanol–water partition coefficient (Wildman–Crippen LogP) is 1.60. The lowest BCUT2D eigenvalue weighted by Gasteiger charge is -2.06. The maximum atomic E-state index is 11.3. The first kappa shape index (κ1) is 15.3. The topological polar surface area (TPSA) is 103 Å². The molecule has 7 nitrogen and oxygen atoms in total. The van der Waals surface area contributed by atoms with Crippen LogP contribution in [0.3, 0.4) is 0 Å². The van der Waals surface area contributed by atoms with Crippen LogP contribution >= 0.6 is 23.4 Å². The average Bonchev–Trinajstić information content (AvgIpc) is 2.86. The molecule has 2 aromatic rings. The molecule has 0 atom stereocenters. The zero-order valence-electron chi connectivity index (χ0n) is 10.8. The van der Waals surface area contributed by atoms with Gasteiger partial charge in [0.25, 0.3) is 0 Å². The van der Waals surface area contributed by atoms with Crippen LogP contribution in [0, 0.1) is 0 Å². The minimum atomic E-state index is -0.855. The molecule has 1 aromatic heterocycles. The molecule has 3 N–H and O–H groups in total. The molecule has 0 fully saturated rings. The van der Waals surface area contributed by atoms with Gasteiger partial charge >= 0.3 is 6.03 Å². The Morgan fingerprint density at radius 2 is 2.24 bits per heavy atom. The summed E-state index contributed by atoms with van der Waals surface area (Å²) in [7, 11) is 0. The van der Waals surface area contributed by atoms with Crippen molar-refractivity contribution in [1.82, 2.24) is 20.1 Å². The highest BCUT2D eigenvalue weighted by molar-refractivity contribution is 7.99. The van der Waals surface area contributed by atoms with Gasteiger partial charge in [-0.05, 0) is 18.2 Å². The van der Waals surface area contributed by atoms with Gasteiger partial charge in [0.05, 0.1) is 5.69 Å². The molecule has 0 saturated heterocycles. The summed E-state index contributed by atoms with van der Waals surface area (Å²) in [6.07, 6.45) is 1.72. The Hall–Kier alpha value is -2.06. The van der Waals surface area contributed by atoms with Crippen LogP contribution in [0.15, 0.2) is 35.7 Å². The summed E-state index contributed by atoms with van der Waals surface area (Å²) in [6.45, 7) is 0. The van der Waals surface area contributed by atoms with Crippen molar-refractivity contribution in [3.05, 3.63) is 35.6 Å². The number of primary amides is 1. The van der Waals surface area contributed by atoms with Crippen LogP contribution in [-0.2, 0) is 4.79 Å². The third kappa shape index (κ3) is 4.47. The molecular formula is C12H12ClN5O2S. The second kappa shape index (κ2) is 7.09. The Balaban J connectivity index is 1.98. The van der Waals surface area contributed by atoms with E-state index >= 15 is 0 Å². The zero-order chi connectivity index (χ0) is 15.2. The van der Waals surface area contributed by atoms with Gasteiger partial charge in [-0.25, -0.2) is 4.79 Å². The van der Waals surface area contributed by atoms with Crippen LogP contribution in [0.2, 0.25) is 5.02 Å². The number of aromatic nitrogens is 3. The summed E-state index contributed by atoms with van der Waals surface area (Å²) < 4.78 is 1.77. The minimum Gasteiger partial charge on any atom is -0.351 e. The fourth-order valence-corrected chi connectivity index (χ4v) is 2.61. The van der Waals surface area contributed by atoms with Crippen molar-refractivity contribution in [3.8, 4) is 5.69 Å². The Bertz CT molecular complexity index is 661. The Labute approximate surface area is 129 Å². The number of carbonyl (C=O) groups is 2. The van der Waals surface area contributed by atoms with Gasteiger partial charge in [0, 0.05) is 17.2 Å². The summed E-state index contributed by atoms with van der Waals surface area (Å²) in [5, 5.41) is 11.1. The number of nitrogens with zero attached hydrogens (tertiary/aromatic N) is 3. The summed E-state index contributed by atoms with van der Waals surface area (Å²) in [4.78, 5) is 21.8. The van der Waals surface area contributed by atoms with Crippen LogP contribution in [0.1, 0.15) is 6.42 Å². The first-order chi connectivity index (χ1) is 10.1. The van der Waals surface area contributed by atoms with E-state index in [1.165, 1.54) is 11.8 Å². The number of rotatable bonds is 5. The van der Waals surface area contributed by atoms with Gasteiger partial charge in [0.1, 0.15) is 6.33 Å². The number of amides is 3. The molecule has 0 saturated carbocycles. The van der Waals surface area contributed by atoms with Crippen molar-refractivity contribution < 1.29 is 9.59 Å². The van der Waals surface area contributed by atoms with Gasteiger partial charge in [-0.15, -0.1) is 10.2 Å². The number of urea groups is 1. The lowest BCUT2D eigenvalue weighted by molar-refractivity contribution is -0.119. The van der Waals surface area contributed by atoms with Crippen LogP contribution in [0.25, 0.3) is 5.69 Å². The molecule has 0 unspecified atom stereocenters. The molecule has 1 heterocycles. The maximum absolute atomic E-state index is 11.3. The second-order valence-corrected chi connectivity index (χ2v) is 5.47. The number of hydrogen-bond donors (Lipinski definition) is 2. The van der Waals surface area contributed by atoms with E-state index in [2.05, 4.69) is 10.2 Å². The molecular weight excluding hydrogens is 314 g/mol. The number of thioether (sulfide) groups is 1. The molecule has 0 bridgehead atoms. The van der Waals surface area contributed by atoms with Crippen LogP contribution in [-0.4, -0.2) is 32.5 Å². The SMILES string of the molecule is NC(=O)NC(=O)CCSc1nncn1-c1cccc(Cl)c1. The number of hydrogen-bond acceptors (Lipinski definition) is 5. The molecule has 0 aliphatic carbocycles. The summed E-state index contributed by atoms with van der Waals surface area (Å²) in [5.74, 6) is 0.0158. The normalized spacial score (nSPS) is 10.3. The van der Waals surface area contributed by atoms with Gasteiger partial charge in [0.2, 0.25) is 5.91 Å². The number of imide groups is 1. The lowest BCUT2D eigenvalue weighted by atomic mass is 10.3. The van der Waals surface area contributed by atoms with Gasteiger partial charge in [0.15, 0.2) is 5.16 Å².